The number of piperazine rings is 1. The van der Waals surface area contributed by atoms with E-state index in [1.54, 1.807) is 6.20 Å². The van der Waals surface area contributed by atoms with E-state index in [1.165, 1.54) is 0 Å². The Kier molecular flexibility index (Phi) is 4.97. The molecule has 0 aliphatic carbocycles. The molecule has 3 nitrogen and oxygen atoms in total. The lowest BCUT2D eigenvalue weighted by atomic mass is 10.1. The first kappa shape index (κ1) is 15.6. The minimum Gasteiger partial charge on any atom is -0.367 e. The molecule has 3 rings (SSSR count). The van der Waals surface area contributed by atoms with Crippen molar-refractivity contribution in [3.05, 3.63) is 33.9 Å². The van der Waals surface area contributed by atoms with E-state index >= 15 is 0 Å². The van der Waals surface area contributed by atoms with Crippen molar-refractivity contribution in [3.63, 3.8) is 0 Å². The number of rotatable bonds is 1. The molecule has 1 aromatic carbocycles. The lowest BCUT2D eigenvalue weighted by molar-refractivity contribution is 0.590. The number of anilines is 1. The predicted octanol–water partition coefficient (Wildman–Crippen LogP) is 3.68. The monoisotopic (exact) mass is 331 g/mol. The van der Waals surface area contributed by atoms with E-state index in [2.05, 4.69) is 21.3 Å². The lowest BCUT2D eigenvalue weighted by Gasteiger charge is -2.31. The summed E-state index contributed by atoms with van der Waals surface area (Å²) in [5, 5.41) is 5.76. The van der Waals surface area contributed by atoms with Crippen LogP contribution in [0.2, 0.25) is 10.0 Å². The summed E-state index contributed by atoms with van der Waals surface area (Å²) in [6.07, 6.45) is 1.70. The summed E-state index contributed by atoms with van der Waals surface area (Å²) in [5.41, 5.74) is 3.00. The van der Waals surface area contributed by atoms with E-state index in [4.69, 9.17) is 23.2 Å². The summed E-state index contributed by atoms with van der Waals surface area (Å²) in [6, 6.07) is 4.05. The molecule has 1 aliphatic rings. The van der Waals surface area contributed by atoms with Gasteiger partial charge in [0.15, 0.2) is 0 Å². The maximum atomic E-state index is 6.37. The quantitative estimate of drug-likeness (QED) is 0.863. The number of pyridine rings is 1. The van der Waals surface area contributed by atoms with Gasteiger partial charge in [-0.15, -0.1) is 12.4 Å². The fraction of sp³-hybridized carbons (Fsp3) is 0.357. The van der Waals surface area contributed by atoms with Crippen LogP contribution < -0.4 is 10.2 Å². The van der Waals surface area contributed by atoms with Gasteiger partial charge in [0.2, 0.25) is 0 Å². The van der Waals surface area contributed by atoms with Crippen molar-refractivity contribution >= 4 is 52.2 Å². The molecule has 1 aliphatic heterocycles. The highest BCUT2D eigenvalue weighted by Gasteiger charge is 2.18. The first-order valence-electron chi connectivity index (χ1n) is 6.37. The van der Waals surface area contributed by atoms with Crippen molar-refractivity contribution in [2.75, 3.05) is 31.1 Å². The summed E-state index contributed by atoms with van der Waals surface area (Å²) in [4.78, 5) is 6.67. The number of hydrogen-bond acceptors (Lipinski definition) is 3. The summed E-state index contributed by atoms with van der Waals surface area (Å²) in [7, 11) is 0. The van der Waals surface area contributed by atoms with Crippen LogP contribution in [0.4, 0.5) is 5.69 Å². The van der Waals surface area contributed by atoms with Gasteiger partial charge >= 0.3 is 0 Å². The minimum atomic E-state index is 0. The minimum absolute atomic E-state index is 0. The van der Waals surface area contributed by atoms with E-state index in [0.29, 0.717) is 10.0 Å². The van der Waals surface area contributed by atoms with Crippen molar-refractivity contribution in [1.82, 2.24) is 10.3 Å². The molecule has 1 N–H and O–H groups in total. The van der Waals surface area contributed by atoms with Crippen molar-refractivity contribution < 1.29 is 0 Å². The van der Waals surface area contributed by atoms with Crippen LogP contribution in [0.5, 0.6) is 0 Å². The van der Waals surface area contributed by atoms with Crippen LogP contribution in [0.25, 0.3) is 10.9 Å². The second kappa shape index (κ2) is 6.35. The molecule has 2 heterocycles. The number of aromatic nitrogens is 1. The zero-order valence-corrected chi connectivity index (χ0v) is 13.4. The largest absolute Gasteiger partial charge is 0.367 e. The fourth-order valence-electron chi connectivity index (χ4n) is 2.57. The Bertz CT molecular complexity index is 625. The first-order chi connectivity index (χ1) is 9.16. The average molecular weight is 333 g/mol. The smallest absolute Gasteiger partial charge is 0.0910 e. The van der Waals surface area contributed by atoms with Crippen molar-refractivity contribution in [2.45, 2.75) is 6.92 Å². The number of benzene rings is 1. The summed E-state index contributed by atoms with van der Waals surface area (Å²) in [5.74, 6) is 0. The molecule has 0 atom stereocenters. The third kappa shape index (κ3) is 2.82. The molecule has 0 amide bonds. The van der Waals surface area contributed by atoms with Crippen molar-refractivity contribution in [2.24, 2.45) is 0 Å². The van der Waals surface area contributed by atoms with E-state index in [1.807, 2.05) is 13.0 Å². The molecular formula is C14H16Cl3N3. The molecule has 0 spiro atoms. The second-order valence-corrected chi connectivity index (χ2v) is 5.65. The molecule has 1 saturated heterocycles. The second-order valence-electron chi connectivity index (χ2n) is 4.83. The van der Waals surface area contributed by atoms with Crippen LogP contribution >= 0.6 is 35.6 Å². The summed E-state index contributed by atoms with van der Waals surface area (Å²) < 4.78 is 0. The molecule has 20 heavy (non-hydrogen) atoms. The van der Waals surface area contributed by atoms with Gasteiger partial charge in [0, 0.05) is 37.8 Å². The van der Waals surface area contributed by atoms with Crippen LogP contribution in [0.1, 0.15) is 5.56 Å². The zero-order valence-electron chi connectivity index (χ0n) is 11.1. The highest BCUT2D eigenvalue weighted by Crippen LogP contribution is 2.36. The van der Waals surface area contributed by atoms with E-state index in [9.17, 15) is 0 Å². The predicted molar refractivity (Wildman–Crippen MR) is 88.8 cm³/mol. The highest BCUT2D eigenvalue weighted by atomic mass is 35.5. The number of nitrogens with zero attached hydrogens (tertiary/aromatic N) is 2. The van der Waals surface area contributed by atoms with E-state index in [0.717, 1.165) is 48.3 Å². The van der Waals surface area contributed by atoms with Gasteiger partial charge in [-0.2, -0.15) is 0 Å². The van der Waals surface area contributed by atoms with Crippen molar-refractivity contribution in [1.29, 1.82) is 0 Å². The van der Waals surface area contributed by atoms with E-state index < -0.39 is 0 Å². The van der Waals surface area contributed by atoms with Gasteiger partial charge in [0.25, 0.3) is 0 Å². The molecule has 6 heteroatoms. The Balaban J connectivity index is 0.00000147. The van der Waals surface area contributed by atoms with Gasteiger partial charge < -0.3 is 10.2 Å². The van der Waals surface area contributed by atoms with Gasteiger partial charge in [-0.3, -0.25) is 4.98 Å². The van der Waals surface area contributed by atoms with Crippen LogP contribution in [-0.2, 0) is 0 Å². The Morgan fingerprint density at radius 2 is 1.85 bits per heavy atom. The molecule has 108 valence electrons. The lowest BCUT2D eigenvalue weighted by Crippen LogP contribution is -2.43. The molecule has 0 bridgehead atoms. The number of hydrogen-bond donors (Lipinski definition) is 1. The average Bonchev–Trinajstić information content (AvgIpc) is 2.39. The summed E-state index contributed by atoms with van der Waals surface area (Å²) in [6.45, 7) is 5.88. The van der Waals surface area contributed by atoms with Gasteiger partial charge in [-0.25, -0.2) is 0 Å². The van der Waals surface area contributed by atoms with Crippen LogP contribution in [0.15, 0.2) is 18.3 Å². The molecule has 1 aromatic heterocycles. The maximum absolute atomic E-state index is 6.37. The van der Waals surface area contributed by atoms with Gasteiger partial charge in [-0.1, -0.05) is 23.2 Å². The standard InChI is InChI=1S/C14H15Cl2N3.ClH/c1-9-6-10-13(11(15)7-9)18-8-12(16)14(10)19-4-2-17-3-5-19;/h6-8,17H,2-5H2,1H3;1H. The third-order valence-corrected chi connectivity index (χ3v) is 3.99. The van der Waals surface area contributed by atoms with Crippen LogP contribution in [0.3, 0.4) is 0 Å². The Hall–Kier alpha value is -0.740. The number of aryl methyl sites for hydroxylation is 1. The molecule has 1 fully saturated rings. The van der Waals surface area contributed by atoms with Gasteiger partial charge in [-0.05, 0) is 24.6 Å². The Labute approximate surface area is 134 Å². The van der Waals surface area contributed by atoms with E-state index in [-0.39, 0.29) is 12.4 Å². The topological polar surface area (TPSA) is 28.2 Å². The zero-order chi connectivity index (χ0) is 13.4. The highest BCUT2D eigenvalue weighted by molar-refractivity contribution is 6.37. The summed E-state index contributed by atoms with van der Waals surface area (Å²) >= 11 is 12.7. The van der Waals surface area contributed by atoms with Crippen LogP contribution in [0, 0.1) is 6.92 Å². The molecule has 0 unspecified atom stereocenters. The third-order valence-electron chi connectivity index (χ3n) is 3.43. The van der Waals surface area contributed by atoms with Gasteiger partial charge in [0.05, 0.1) is 21.2 Å². The van der Waals surface area contributed by atoms with Crippen molar-refractivity contribution in [3.8, 4) is 0 Å². The van der Waals surface area contributed by atoms with Crippen LogP contribution in [-0.4, -0.2) is 31.2 Å². The first-order valence-corrected chi connectivity index (χ1v) is 7.12. The maximum Gasteiger partial charge on any atom is 0.0910 e. The SMILES string of the molecule is Cc1cc(Cl)c2ncc(Cl)c(N3CCNCC3)c2c1.Cl. The Morgan fingerprint density at radius 3 is 2.55 bits per heavy atom. The number of fused-ring (bicyclic) bond motifs is 1. The fourth-order valence-corrected chi connectivity index (χ4v) is 3.16. The molecular weight excluding hydrogens is 317 g/mol. The number of halogens is 3. The van der Waals surface area contributed by atoms with Gasteiger partial charge in [0.1, 0.15) is 0 Å². The molecule has 2 aromatic rings. The molecule has 0 saturated carbocycles. The Morgan fingerprint density at radius 1 is 1.15 bits per heavy atom. The number of nitrogens with one attached hydrogen (secondary N) is 1. The normalized spacial score (nSPS) is 15.2. The molecule has 0 radical (unpaired) electrons.